The maximum absolute atomic E-state index is 12.5. The van der Waals surface area contributed by atoms with E-state index in [1.165, 1.54) is 0 Å². The maximum atomic E-state index is 12.5. The molecule has 1 aromatic carbocycles. The molecule has 1 aliphatic rings. The number of aromatic nitrogens is 2. The monoisotopic (exact) mass is 401 g/mol. The molecular formula is C21H28ClN5O. The van der Waals surface area contributed by atoms with E-state index in [-0.39, 0.29) is 11.8 Å². The molecule has 6 nitrogen and oxygen atoms in total. The molecule has 1 fully saturated rings. The Kier molecular flexibility index (Phi) is 6.73. The second-order valence-electron chi connectivity index (χ2n) is 7.63. The Morgan fingerprint density at radius 3 is 2.61 bits per heavy atom. The fourth-order valence-corrected chi connectivity index (χ4v) is 3.72. The first-order valence-electron chi connectivity index (χ1n) is 9.72. The molecule has 28 heavy (non-hydrogen) atoms. The summed E-state index contributed by atoms with van der Waals surface area (Å²) in [6.07, 6.45) is 3.60. The maximum Gasteiger partial charge on any atom is 0.225 e. The van der Waals surface area contributed by atoms with Gasteiger partial charge in [-0.15, -0.1) is 0 Å². The molecule has 1 aromatic heterocycles. The Morgan fingerprint density at radius 1 is 1.18 bits per heavy atom. The van der Waals surface area contributed by atoms with Crippen molar-refractivity contribution < 1.29 is 4.79 Å². The average Bonchev–Trinajstić information content (AvgIpc) is 2.66. The van der Waals surface area contributed by atoms with Crippen molar-refractivity contribution in [1.29, 1.82) is 0 Å². The highest BCUT2D eigenvalue weighted by molar-refractivity contribution is 6.30. The lowest BCUT2D eigenvalue weighted by Crippen LogP contribution is -2.36. The second-order valence-corrected chi connectivity index (χ2v) is 8.06. The molecule has 3 rings (SSSR count). The van der Waals surface area contributed by atoms with Crippen LogP contribution in [-0.2, 0) is 11.3 Å². The highest BCUT2D eigenvalue weighted by Crippen LogP contribution is 2.27. The van der Waals surface area contributed by atoms with E-state index in [0.29, 0.717) is 23.6 Å². The summed E-state index contributed by atoms with van der Waals surface area (Å²) in [4.78, 5) is 23.5. The molecule has 0 spiro atoms. The first-order valence-corrected chi connectivity index (χ1v) is 10.1. The number of carbonyl (C=O) groups excluding carboxylic acids is 1. The molecule has 150 valence electrons. The van der Waals surface area contributed by atoms with Crippen molar-refractivity contribution in [1.82, 2.24) is 15.3 Å². The summed E-state index contributed by atoms with van der Waals surface area (Å²) < 4.78 is 0. The van der Waals surface area contributed by atoms with Gasteiger partial charge in [0.2, 0.25) is 11.9 Å². The predicted octanol–water partition coefficient (Wildman–Crippen LogP) is 3.79. The van der Waals surface area contributed by atoms with Crippen LogP contribution in [0.5, 0.6) is 0 Å². The van der Waals surface area contributed by atoms with Crippen molar-refractivity contribution in [3.8, 4) is 0 Å². The molecule has 1 heterocycles. The smallest absolute Gasteiger partial charge is 0.225 e. The molecule has 7 heteroatoms. The topological polar surface area (TPSA) is 70.2 Å². The Bertz CT molecular complexity index is 818. The molecule has 0 atom stereocenters. The van der Waals surface area contributed by atoms with E-state index in [9.17, 15) is 4.79 Å². The van der Waals surface area contributed by atoms with Gasteiger partial charge < -0.3 is 15.5 Å². The third-order valence-corrected chi connectivity index (χ3v) is 5.32. The number of hydrogen-bond donors (Lipinski definition) is 2. The molecule has 2 N–H and O–H groups in total. The summed E-state index contributed by atoms with van der Waals surface area (Å²) in [5.74, 6) is 1.75. The van der Waals surface area contributed by atoms with Gasteiger partial charge in [0, 0.05) is 49.4 Å². The van der Waals surface area contributed by atoms with Crippen LogP contribution in [0.4, 0.5) is 11.8 Å². The molecule has 0 saturated heterocycles. The number of nitrogens with one attached hydrogen (secondary N) is 2. The fourth-order valence-electron chi connectivity index (χ4n) is 3.51. The number of benzene rings is 1. The number of anilines is 2. The van der Waals surface area contributed by atoms with Crippen LogP contribution in [0, 0.1) is 12.8 Å². The molecule has 0 bridgehead atoms. The van der Waals surface area contributed by atoms with Gasteiger partial charge in [0.15, 0.2) is 0 Å². The van der Waals surface area contributed by atoms with Crippen molar-refractivity contribution in [2.24, 2.45) is 5.92 Å². The van der Waals surface area contributed by atoms with Gasteiger partial charge in [-0.1, -0.05) is 23.7 Å². The molecule has 1 saturated carbocycles. The minimum atomic E-state index is 0.0630. The van der Waals surface area contributed by atoms with E-state index >= 15 is 0 Å². The minimum Gasteiger partial charge on any atom is -0.363 e. The van der Waals surface area contributed by atoms with Crippen LogP contribution in [0.25, 0.3) is 0 Å². The van der Waals surface area contributed by atoms with E-state index in [0.717, 1.165) is 42.8 Å². The van der Waals surface area contributed by atoms with Crippen LogP contribution in [0.3, 0.4) is 0 Å². The summed E-state index contributed by atoms with van der Waals surface area (Å²) >= 11 is 6.00. The van der Waals surface area contributed by atoms with Gasteiger partial charge in [-0.25, -0.2) is 4.98 Å². The largest absolute Gasteiger partial charge is 0.363 e. The van der Waals surface area contributed by atoms with Crippen LogP contribution >= 0.6 is 11.6 Å². The Morgan fingerprint density at radius 2 is 1.93 bits per heavy atom. The van der Waals surface area contributed by atoms with Gasteiger partial charge in [0.1, 0.15) is 5.82 Å². The van der Waals surface area contributed by atoms with Gasteiger partial charge in [-0.2, -0.15) is 4.98 Å². The van der Waals surface area contributed by atoms with Crippen LogP contribution in [0.2, 0.25) is 5.02 Å². The van der Waals surface area contributed by atoms with Gasteiger partial charge in [0.25, 0.3) is 0 Å². The van der Waals surface area contributed by atoms with Crippen molar-refractivity contribution in [3.63, 3.8) is 0 Å². The number of carbonyl (C=O) groups is 1. The summed E-state index contributed by atoms with van der Waals surface area (Å²) in [7, 11) is 3.94. The highest BCUT2D eigenvalue weighted by atomic mass is 35.5. The van der Waals surface area contributed by atoms with Crippen LogP contribution in [-0.4, -0.2) is 36.0 Å². The molecule has 1 aliphatic carbocycles. The normalized spacial score (nSPS) is 19.1. The van der Waals surface area contributed by atoms with Crippen LogP contribution < -0.4 is 15.5 Å². The van der Waals surface area contributed by atoms with E-state index in [2.05, 4.69) is 20.6 Å². The lowest BCUT2D eigenvalue weighted by Gasteiger charge is -2.28. The first-order chi connectivity index (χ1) is 13.4. The van der Waals surface area contributed by atoms with Crippen LogP contribution in [0.1, 0.15) is 36.9 Å². The standard InChI is InChI=1S/C21H28ClN5O/c1-14-11-19(27(2)3)26-21(24-14)25-18-9-7-16(8-10-18)20(28)23-13-15-5-4-6-17(22)12-15/h4-6,11-12,16,18H,7-10,13H2,1-3H3,(H,23,28)(H,24,25,26). The highest BCUT2D eigenvalue weighted by Gasteiger charge is 2.26. The zero-order valence-corrected chi connectivity index (χ0v) is 17.5. The Balaban J connectivity index is 1.48. The van der Waals surface area contributed by atoms with Gasteiger partial charge in [-0.05, 0) is 50.3 Å². The number of amides is 1. The average molecular weight is 402 g/mol. The minimum absolute atomic E-state index is 0.0630. The summed E-state index contributed by atoms with van der Waals surface area (Å²) in [6, 6.07) is 9.85. The van der Waals surface area contributed by atoms with Crippen molar-refractivity contribution in [3.05, 3.63) is 46.6 Å². The first kappa shape index (κ1) is 20.4. The van der Waals surface area contributed by atoms with Gasteiger partial charge >= 0.3 is 0 Å². The summed E-state index contributed by atoms with van der Waals surface area (Å²) in [5, 5.41) is 7.17. The third-order valence-electron chi connectivity index (χ3n) is 5.09. The Hall–Kier alpha value is -2.34. The second kappa shape index (κ2) is 9.24. The van der Waals surface area contributed by atoms with Crippen LogP contribution in [0.15, 0.2) is 30.3 Å². The Labute approximate surface area is 171 Å². The van der Waals surface area contributed by atoms with E-state index in [4.69, 9.17) is 11.6 Å². The number of rotatable bonds is 6. The molecule has 2 aromatic rings. The quantitative estimate of drug-likeness (QED) is 0.770. The van der Waals surface area contributed by atoms with E-state index in [1.54, 1.807) is 0 Å². The fraction of sp³-hybridized carbons (Fsp3) is 0.476. The zero-order chi connectivity index (χ0) is 20.1. The lowest BCUT2D eigenvalue weighted by atomic mass is 9.85. The lowest BCUT2D eigenvalue weighted by molar-refractivity contribution is -0.126. The van der Waals surface area contributed by atoms with E-state index in [1.807, 2.05) is 56.3 Å². The van der Waals surface area contributed by atoms with Gasteiger partial charge in [-0.3, -0.25) is 4.79 Å². The molecule has 0 unspecified atom stereocenters. The SMILES string of the molecule is Cc1cc(N(C)C)nc(NC2CCC(C(=O)NCc3cccc(Cl)c3)CC2)n1. The van der Waals surface area contributed by atoms with Crippen molar-refractivity contribution in [2.75, 3.05) is 24.3 Å². The number of hydrogen-bond acceptors (Lipinski definition) is 5. The number of nitrogens with zero attached hydrogens (tertiary/aromatic N) is 3. The number of aryl methyl sites for hydroxylation is 1. The van der Waals surface area contributed by atoms with Gasteiger partial charge in [0.05, 0.1) is 0 Å². The third kappa shape index (κ3) is 5.58. The van der Waals surface area contributed by atoms with Crippen molar-refractivity contribution in [2.45, 2.75) is 45.2 Å². The molecule has 0 radical (unpaired) electrons. The van der Waals surface area contributed by atoms with E-state index < -0.39 is 0 Å². The van der Waals surface area contributed by atoms with Crippen molar-refractivity contribution >= 4 is 29.3 Å². The zero-order valence-electron chi connectivity index (χ0n) is 16.7. The molecular weight excluding hydrogens is 374 g/mol. The summed E-state index contributed by atoms with van der Waals surface area (Å²) in [6.45, 7) is 2.49. The summed E-state index contributed by atoms with van der Waals surface area (Å²) in [5.41, 5.74) is 1.96. The predicted molar refractivity (Wildman–Crippen MR) is 114 cm³/mol. The molecule has 0 aliphatic heterocycles. The molecule has 1 amide bonds. The number of halogens is 1.